The van der Waals surface area contributed by atoms with Gasteiger partial charge in [0, 0.05) is 84.4 Å². The second-order valence-electron chi connectivity index (χ2n) is 33.3. The fourth-order valence-corrected chi connectivity index (χ4v) is 34.9. The van der Waals surface area contributed by atoms with Gasteiger partial charge in [-0.3, -0.25) is 0 Å². The molecule has 0 N–H and O–H groups in total. The van der Waals surface area contributed by atoms with Gasteiger partial charge >= 0.3 is 0 Å². The van der Waals surface area contributed by atoms with Crippen molar-refractivity contribution in [2.45, 2.75) is 84.4 Å². The van der Waals surface area contributed by atoms with Crippen molar-refractivity contribution in [1.82, 2.24) is 0 Å². The van der Waals surface area contributed by atoms with Gasteiger partial charge in [0.1, 0.15) is 0 Å². The van der Waals surface area contributed by atoms with Crippen LogP contribution in [0.15, 0.2) is 413 Å². The Labute approximate surface area is 736 Å². The van der Waals surface area contributed by atoms with Crippen LogP contribution in [-0.2, 0) is 72.5 Å². The molecule has 0 amide bonds. The average molecular weight is 1740 g/mol. The van der Waals surface area contributed by atoms with Crippen LogP contribution in [0.4, 0.5) is 35.1 Å². The van der Waals surface area contributed by atoms with Gasteiger partial charge in [0.15, 0.2) is 69.5 Å². The quantitative estimate of drug-likeness (QED) is 0.0287. The Morgan fingerprint density at radius 2 is 0.246 bits per heavy atom. The van der Waals surface area contributed by atoms with Crippen LogP contribution in [0.1, 0.15) is 101 Å². The molecule has 0 radical (unpaired) electrons. The summed E-state index contributed by atoms with van der Waals surface area (Å²) in [6.45, 7) is 0. The van der Waals surface area contributed by atoms with Gasteiger partial charge in [0.2, 0.25) is 0 Å². The van der Waals surface area contributed by atoms with Crippen molar-refractivity contribution < 1.29 is 52.8 Å². The molecule has 126 heavy (non-hydrogen) atoms. The third-order valence-corrected chi connectivity index (χ3v) is 38.7. The summed E-state index contributed by atoms with van der Waals surface area (Å²) in [7, 11) is -14.6. The Morgan fingerprint density at radius 1 is 0.151 bits per heavy atom. The normalized spacial score (nSPS) is 11.9. The minimum Gasteiger partial charge on any atom is -0.539 e. The van der Waals surface area contributed by atoms with Crippen molar-refractivity contribution in [3.8, 4) is 23.0 Å². The van der Waals surface area contributed by atoms with Crippen LogP contribution in [0, 0.1) is 46.5 Å². The summed E-state index contributed by atoms with van der Waals surface area (Å²) in [6.07, 6.45) is 0. The summed E-state index contributed by atoms with van der Waals surface area (Å²) < 4.78 is 181. The van der Waals surface area contributed by atoms with Crippen LogP contribution in [0.2, 0.25) is 0 Å². The topological polar surface area (TPSA) is 36.9 Å². The highest BCUT2D eigenvalue weighted by Crippen LogP contribution is 2.50. The minimum atomic E-state index is -3.65. The maximum Gasteiger partial charge on any atom is 0.264 e. The molecular formula is C110H94F8O4Si4. The molecule has 0 heterocycles. The molecule has 0 aliphatic heterocycles. The van der Waals surface area contributed by atoms with E-state index < -0.39 is 115 Å². The van der Waals surface area contributed by atoms with E-state index in [0.29, 0.717) is 0 Å². The van der Waals surface area contributed by atoms with Crippen molar-refractivity contribution in [3.05, 3.63) is 548 Å². The average Bonchev–Trinajstić information content (AvgIpc) is 0.726. The van der Waals surface area contributed by atoms with Gasteiger partial charge in [0.25, 0.3) is 33.3 Å². The molecule has 0 aromatic heterocycles. The summed E-state index contributed by atoms with van der Waals surface area (Å²) in [5.74, 6) is -16.8. The molecule has 0 aliphatic rings. The van der Waals surface area contributed by atoms with Crippen LogP contribution in [-0.4, -0.2) is 33.3 Å². The SMILES string of the molecule is Fc1cc(C(c2cc(F)c(O[Si](Cc3ccccc3)(Cc3ccccc3)Cc3ccccc3)c(F)c2)C(c2cc(F)c(O[Si](Cc3ccccc3)(Cc3ccccc3)Cc3ccccc3)c(F)c2)c2cc(F)c(O[Si](Cc3ccccc3)(Cc3ccccc3)Cc3ccccc3)c(F)c2)cc(F)c1O[Si](Cc1ccccc1)(Cc1ccccc1)Cc1ccccc1. The number of hydrogen-bond donors (Lipinski definition) is 0. The Kier molecular flexibility index (Phi) is 27.7. The Bertz CT molecular complexity index is 4960. The zero-order chi connectivity index (χ0) is 86.7. The van der Waals surface area contributed by atoms with Crippen LogP contribution < -0.4 is 17.7 Å². The molecule has 16 aromatic rings. The lowest BCUT2D eigenvalue weighted by Crippen LogP contribution is -2.51. The molecule has 0 saturated heterocycles. The van der Waals surface area contributed by atoms with E-state index in [1.165, 1.54) is 0 Å². The Hall–Kier alpha value is -13.0. The highest BCUT2D eigenvalue weighted by molar-refractivity contribution is 6.74. The smallest absolute Gasteiger partial charge is 0.264 e. The second-order valence-corrected chi connectivity index (χ2v) is 47.8. The van der Waals surface area contributed by atoms with Crippen molar-refractivity contribution in [2.75, 3.05) is 0 Å². The molecule has 0 aliphatic carbocycles. The van der Waals surface area contributed by atoms with Crippen molar-refractivity contribution in [1.29, 1.82) is 0 Å². The van der Waals surface area contributed by atoms with Crippen molar-refractivity contribution in [2.24, 2.45) is 0 Å². The fraction of sp³-hybridized carbons (Fsp3) is 0.127. The minimum absolute atomic E-state index is 0.276. The number of benzene rings is 16. The molecular weight excluding hydrogens is 1650 g/mol. The van der Waals surface area contributed by atoms with Gasteiger partial charge in [-0.05, 0) is 138 Å². The molecule has 16 aromatic carbocycles. The number of halogens is 8. The van der Waals surface area contributed by atoms with E-state index in [2.05, 4.69) is 0 Å². The van der Waals surface area contributed by atoms with Crippen LogP contribution in [0.5, 0.6) is 23.0 Å². The highest BCUT2D eigenvalue weighted by Gasteiger charge is 2.46. The van der Waals surface area contributed by atoms with Crippen molar-refractivity contribution in [3.63, 3.8) is 0 Å². The summed E-state index contributed by atoms with van der Waals surface area (Å²) >= 11 is 0. The van der Waals surface area contributed by atoms with Gasteiger partial charge in [-0.15, -0.1) is 0 Å². The van der Waals surface area contributed by atoms with E-state index in [0.717, 1.165) is 115 Å². The summed E-state index contributed by atoms with van der Waals surface area (Å²) in [5.41, 5.74) is 8.81. The predicted octanol–water partition coefficient (Wildman–Crippen LogP) is 26.4. The van der Waals surface area contributed by atoms with Crippen molar-refractivity contribution >= 4 is 33.3 Å². The van der Waals surface area contributed by atoms with E-state index in [-0.39, 0.29) is 94.8 Å². The molecule has 0 fully saturated rings. The third kappa shape index (κ3) is 22.0. The van der Waals surface area contributed by atoms with Crippen LogP contribution in [0.3, 0.4) is 0 Å². The van der Waals surface area contributed by atoms with E-state index in [9.17, 15) is 0 Å². The summed E-state index contributed by atoms with van der Waals surface area (Å²) in [4.78, 5) is 0. The molecule has 0 spiro atoms. The molecule has 0 unspecified atom stereocenters. The molecule has 16 rings (SSSR count). The maximum absolute atomic E-state index is 19.0. The van der Waals surface area contributed by atoms with E-state index in [1.807, 2.05) is 364 Å². The molecule has 0 atom stereocenters. The number of hydrogen-bond acceptors (Lipinski definition) is 4. The first kappa shape index (κ1) is 86.5. The number of rotatable bonds is 37. The fourth-order valence-electron chi connectivity index (χ4n) is 18.2. The molecule has 630 valence electrons. The molecule has 16 heteroatoms. The van der Waals surface area contributed by atoms with Gasteiger partial charge in [-0.25, -0.2) is 35.1 Å². The van der Waals surface area contributed by atoms with E-state index in [4.69, 9.17) is 17.7 Å². The Balaban J connectivity index is 0.924. The first-order valence-electron chi connectivity index (χ1n) is 42.7. The molecule has 0 bridgehead atoms. The zero-order valence-corrected chi connectivity index (χ0v) is 73.6. The van der Waals surface area contributed by atoms with E-state index >= 15 is 35.1 Å². The third-order valence-electron chi connectivity index (χ3n) is 23.6. The lowest BCUT2D eigenvalue weighted by Gasteiger charge is -2.35. The molecule has 0 saturated carbocycles. The van der Waals surface area contributed by atoms with Crippen LogP contribution in [0.25, 0.3) is 0 Å². The van der Waals surface area contributed by atoms with Gasteiger partial charge in [-0.1, -0.05) is 364 Å². The highest BCUT2D eigenvalue weighted by atomic mass is 28.4. The maximum atomic E-state index is 19.0. The van der Waals surface area contributed by atoms with Gasteiger partial charge in [-0.2, -0.15) is 0 Å². The van der Waals surface area contributed by atoms with Gasteiger partial charge in [0.05, 0.1) is 0 Å². The standard InChI is InChI=1S/C110H94F8O4Si4/c111-97-61-93(62-98(112)107(97)119-123(69-81-37-13-1-14-38-81,70-82-39-15-2-16-40-82)71-83-41-17-3-18-42-83)105(94-63-99(113)108(100(114)64-94)120-124(72-84-43-19-4-20-44-84,73-85-45-21-5-22-46-85)74-86-47-23-6-24-48-86)106(95-65-101(115)109(102(116)66-95)121-125(75-87-49-25-7-26-50-87,76-88-51-27-8-28-52-88)77-89-53-29-9-30-54-89)96-67-103(117)110(104(118)68-96)122-126(78-90-55-31-10-32-56-90,79-91-57-33-11-34-58-91)80-92-59-35-12-36-60-92/h1-68,105-106H,69-80H2. The van der Waals surface area contributed by atoms with Gasteiger partial charge < -0.3 is 17.7 Å². The monoisotopic (exact) mass is 1740 g/mol. The van der Waals surface area contributed by atoms with E-state index in [1.54, 1.807) is 0 Å². The second kappa shape index (κ2) is 40.3. The largest absolute Gasteiger partial charge is 0.539 e. The summed E-state index contributed by atoms with van der Waals surface area (Å²) in [6, 6.07) is 126. The Morgan fingerprint density at radius 3 is 0.341 bits per heavy atom. The predicted molar refractivity (Wildman–Crippen MR) is 496 cm³/mol. The lowest BCUT2D eigenvalue weighted by atomic mass is 9.73. The lowest BCUT2D eigenvalue weighted by molar-refractivity contribution is 0.427. The zero-order valence-electron chi connectivity index (χ0n) is 69.6. The first-order valence-corrected chi connectivity index (χ1v) is 52.8. The van der Waals surface area contributed by atoms with Crippen LogP contribution >= 0.6 is 0 Å². The molecule has 4 nitrogen and oxygen atoms in total. The summed E-state index contributed by atoms with van der Waals surface area (Å²) in [5, 5.41) is 0. The first-order chi connectivity index (χ1) is 61.5.